The van der Waals surface area contributed by atoms with Crippen molar-refractivity contribution >= 4 is 11.7 Å². The number of anilines is 1. The molecule has 1 atom stereocenters. The van der Waals surface area contributed by atoms with E-state index in [9.17, 15) is 4.79 Å². The largest absolute Gasteiger partial charge is 0.496 e. The Morgan fingerprint density at radius 2 is 1.91 bits per heavy atom. The van der Waals surface area contributed by atoms with Crippen molar-refractivity contribution in [1.82, 2.24) is 10.3 Å². The highest BCUT2D eigenvalue weighted by Gasteiger charge is 2.51. The Bertz CT molecular complexity index is 1140. The van der Waals surface area contributed by atoms with E-state index in [0.29, 0.717) is 11.6 Å². The van der Waals surface area contributed by atoms with Gasteiger partial charge in [-0.2, -0.15) is 0 Å². The topological polar surface area (TPSA) is 81.7 Å². The molecule has 32 heavy (non-hydrogen) atoms. The van der Waals surface area contributed by atoms with E-state index in [-0.39, 0.29) is 18.7 Å². The molecule has 1 aromatic heterocycles. The van der Waals surface area contributed by atoms with Crippen LogP contribution in [-0.2, 0) is 10.2 Å². The average Bonchev–Trinajstić information content (AvgIpc) is 3.52. The molecule has 1 saturated carbocycles. The second-order valence-electron chi connectivity index (χ2n) is 8.04. The summed E-state index contributed by atoms with van der Waals surface area (Å²) in [4.78, 5) is 17.6. The van der Waals surface area contributed by atoms with Gasteiger partial charge in [-0.05, 0) is 55.3 Å². The maximum atomic E-state index is 13.1. The van der Waals surface area contributed by atoms with E-state index in [4.69, 9.17) is 14.2 Å². The number of hydrogen-bond acceptors (Lipinski definition) is 6. The molecule has 2 aromatic carbocycles. The maximum Gasteiger partial charge on any atom is 0.236 e. The first kappa shape index (κ1) is 20.3. The number of aromatic nitrogens is 1. The van der Waals surface area contributed by atoms with Crippen LogP contribution in [0.1, 0.15) is 35.6 Å². The standard InChI is InChI=1S/C25H25N3O4/c1-26-23(18-5-3-4-6-19(18)30-2)16-7-10-22(27-14-16)28-24(29)25(11-12-25)17-8-9-20-21(13-17)32-15-31-20/h3-10,13-14,23,26H,11-12,15H2,1-2H3,(H,27,28,29). The van der Waals surface area contributed by atoms with Crippen LogP contribution in [0, 0.1) is 0 Å². The summed E-state index contributed by atoms with van der Waals surface area (Å²) in [5.41, 5.74) is 2.41. The summed E-state index contributed by atoms with van der Waals surface area (Å²) in [6.07, 6.45) is 3.38. The van der Waals surface area contributed by atoms with Crippen molar-refractivity contribution in [1.29, 1.82) is 0 Å². The van der Waals surface area contributed by atoms with Crippen LogP contribution in [0.4, 0.5) is 5.82 Å². The fraction of sp³-hybridized carbons (Fsp3) is 0.280. The normalized spacial score (nSPS) is 16.3. The van der Waals surface area contributed by atoms with Gasteiger partial charge in [0, 0.05) is 11.8 Å². The smallest absolute Gasteiger partial charge is 0.236 e. The number of carbonyl (C=O) groups is 1. The van der Waals surface area contributed by atoms with E-state index < -0.39 is 5.41 Å². The Hall–Kier alpha value is -3.58. The molecule has 1 aliphatic heterocycles. The van der Waals surface area contributed by atoms with Crippen molar-refractivity contribution in [2.45, 2.75) is 24.3 Å². The van der Waals surface area contributed by atoms with Crippen LogP contribution in [0.2, 0.25) is 0 Å². The van der Waals surface area contributed by atoms with Gasteiger partial charge in [-0.15, -0.1) is 0 Å². The Morgan fingerprint density at radius 3 is 2.62 bits per heavy atom. The number of amides is 1. The lowest BCUT2D eigenvalue weighted by Crippen LogP contribution is -2.28. The molecule has 2 N–H and O–H groups in total. The zero-order chi connectivity index (χ0) is 22.1. The molecule has 7 nitrogen and oxygen atoms in total. The third-order valence-electron chi connectivity index (χ3n) is 6.21. The minimum atomic E-state index is -0.535. The predicted molar refractivity (Wildman–Crippen MR) is 120 cm³/mol. The van der Waals surface area contributed by atoms with Crippen molar-refractivity contribution in [2.75, 3.05) is 26.3 Å². The minimum absolute atomic E-state index is 0.0495. The van der Waals surface area contributed by atoms with Crippen LogP contribution in [0.3, 0.4) is 0 Å². The lowest BCUT2D eigenvalue weighted by atomic mass is 9.94. The summed E-state index contributed by atoms with van der Waals surface area (Å²) in [6.45, 7) is 0.219. The molecular formula is C25H25N3O4. The van der Waals surface area contributed by atoms with E-state index in [0.717, 1.165) is 41.0 Å². The minimum Gasteiger partial charge on any atom is -0.496 e. The molecule has 164 valence electrons. The third kappa shape index (κ3) is 3.54. The number of benzene rings is 2. The first-order chi connectivity index (χ1) is 15.6. The number of fused-ring (bicyclic) bond motifs is 1. The van der Waals surface area contributed by atoms with Gasteiger partial charge in [0.15, 0.2) is 11.5 Å². The van der Waals surface area contributed by atoms with Crippen LogP contribution >= 0.6 is 0 Å². The highest BCUT2D eigenvalue weighted by Crippen LogP contribution is 2.51. The number of nitrogens with zero attached hydrogens (tertiary/aromatic N) is 1. The SMILES string of the molecule is CNC(c1ccc(NC(=O)C2(c3ccc4c(c3)OCO4)CC2)nc1)c1ccccc1OC. The summed E-state index contributed by atoms with van der Waals surface area (Å²) in [5, 5.41) is 6.31. The van der Waals surface area contributed by atoms with Crippen molar-refractivity contribution in [3.63, 3.8) is 0 Å². The fourth-order valence-corrected chi connectivity index (χ4v) is 4.26. The maximum absolute atomic E-state index is 13.1. The Balaban J connectivity index is 1.33. The van der Waals surface area contributed by atoms with E-state index in [1.165, 1.54) is 0 Å². The lowest BCUT2D eigenvalue weighted by molar-refractivity contribution is -0.118. The summed E-state index contributed by atoms with van der Waals surface area (Å²) in [7, 11) is 3.56. The van der Waals surface area contributed by atoms with Gasteiger partial charge >= 0.3 is 0 Å². The van der Waals surface area contributed by atoms with Gasteiger partial charge in [-0.3, -0.25) is 4.79 Å². The summed E-state index contributed by atoms with van der Waals surface area (Å²) in [5.74, 6) is 2.70. The van der Waals surface area contributed by atoms with Crippen molar-refractivity contribution in [3.05, 3.63) is 77.5 Å². The molecule has 7 heteroatoms. The molecule has 0 spiro atoms. The van der Waals surface area contributed by atoms with Gasteiger partial charge in [0.2, 0.25) is 12.7 Å². The fourth-order valence-electron chi connectivity index (χ4n) is 4.26. The second kappa shape index (κ2) is 8.16. The van der Waals surface area contributed by atoms with Crippen molar-refractivity contribution in [2.24, 2.45) is 0 Å². The zero-order valence-corrected chi connectivity index (χ0v) is 18.1. The second-order valence-corrected chi connectivity index (χ2v) is 8.04. The number of hydrogen-bond donors (Lipinski definition) is 2. The molecule has 2 aliphatic rings. The average molecular weight is 431 g/mol. The lowest BCUT2D eigenvalue weighted by Gasteiger charge is -2.20. The van der Waals surface area contributed by atoms with Gasteiger partial charge in [0.25, 0.3) is 0 Å². The predicted octanol–water partition coefficient (Wildman–Crippen LogP) is 3.80. The molecule has 1 unspecified atom stereocenters. The highest BCUT2D eigenvalue weighted by atomic mass is 16.7. The van der Waals surface area contributed by atoms with Crippen LogP contribution < -0.4 is 24.8 Å². The molecule has 0 bridgehead atoms. The van der Waals surface area contributed by atoms with E-state index in [2.05, 4.69) is 15.6 Å². The number of pyridine rings is 1. The monoisotopic (exact) mass is 431 g/mol. The number of para-hydroxylation sites is 1. The van der Waals surface area contributed by atoms with Gasteiger partial charge < -0.3 is 24.8 Å². The van der Waals surface area contributed by atoms with Gasteiger partial charge in [0.1, 0.15) is 11.6 Å². The Kier molecular flexibility index (Phi) is 5.19. The molecule has 5 rings (SSSR count). The molecule has 1 amide bonds. The molecular weight excluding hydrogens is 406 g/mol. The van der Waals surface area contributed by atoms with E-state index in [1.807, 2.05) is 61.6 Å². The molecule has 2 heterocycles. The quantitative estimate of drug-likeness (QED) is 0.592. The zero-order valence-electron chi connectivity index (χ0n) is 18.1. The first-order valence-corrected chi connectivity index (χ1v) is 10.6. The van der Waals surface area contributed by atoms with Crippen molar-refractivity contribution < 1.29 is 19.0 Å². The molecule has 1 fully saturated rings. The van der Waals surface area contributed by atoms with Gasteiger partial charge in [0.05, 0.1) is 18.6 Å². The van der Waals surface area contributed by atoms with Gasteiger partial charge in [-0.1, -0.05) is 30.3 Å². The number of ether oxygens (including phenoxy) is 3. The first-order valence-electron chi connectivity index (χ1n) is 10.6. The van der Waals surface area contributed by atoms with E-state index in [1.54, 1.807) is 13.3 Å². The van der Waals surface area contributed by atoms with Crippen LogP contribution in [0.5, 0.6) is 17.2 Å². The third-order valence-corrected chi connectivity index (χ3v) is 6.21. The Morgan fingerprint density at radius 1 is 1.09 bits per heavy atom. The van der Waals surface area contributed by atoms with Crippen LogP contribution in [-0.4, -0.2) is 31.8 Å². The molecule has 0 saturated heterocycles. The highest BCUT2D eigenvalue weighted by molar-refractivity contribution is 6.01. The number of nitrogens with one attached hydrogen (secondary N) is 2. The molecule has 1 aliphatic carbocycles. The van der Waals surface area contributed by atoms with Crippen molar-refractivity contribution in [3.8, 4) is 17.2 Å². The van der Waals surface area contributed by atoms with Crippen LogP contribution in [0.25, 0.3) is 0 Å². The van der Waals surface area contributed by atoms with E-state index >= 15 is 0 Å². The number of carbonyl (C=O) groups excluding carboxylic acids is 1. The summed E-state index contributed by atoms with van der Waals surface area (Å²) in [6, 6.07) is 17.3. The Labute approximate surface area is 186 Å². The molecule has 3 aromatic rings. The number of rotatable bonds is 7. The van der Waals surface area contributed by atoms with Crippen LogP contribution in [0.15, 0.2) is 60.8 Å². The number of methoxy groups -OCH3 is 1. The molecule has 0 radical (unpaired) electrons. The summed E-state index contributed by atoms with van der Waals surface area (Å²) < 4.78 is 16.4. The van der Waals surface area contributed by atoms with Gasteiger partial charge in [-0.25, -0.2) is 4.98 Å². The summed E-state index contributed by atoms with van der Waals surface area (Å²) >= 11 is 0.